The van der Waals surface area contributed by atoms with Gasteiger partial charge in [-0.3, -0.25) is 4.79 Å². The number of benzene rings is 1. The first-order chi connectivity index (χ1) is 11.0. The third-order valence-electron chi connectivity index (χ3n) is 3.46. The van der Waals surface area contributed by atoms with E-state index in [0.717, 1.165) is 6.42 Å². The highest BCUT2D eigenvalue weighted by molar-refractivity contribution is 5.95. The van der Waals surface area contributed by atoms with Crippen LogP contribution >= 0.6 is 0 Å². The molecule has 0 unspecified atom stereocenters. The molecule has 1 N–H and O–H groups in total. The molecule has 0 bridgehead atoms. The van der Waals surface area contributed by atoms with Crippen molar-refractivity contribution in [3.8, 4) is 11.5 Å². The second kappa shape index (κ2) is 7.67. The van der Waals surface area contributed by atoms with E-state index in [-0.39, 0.29) is 5.91 Å². The highest BCUT2D eigenvalue weighted by Gasteiger charge is 2.20. The molecule has 0 spiro atoms. The quantitative estimate of drug-likeness (QED) is 0.815. The fraction of sp³-hybridized carbons (Fsp3) is 0.412. The van der Waals surface area contributed by atoms with Crippen LogP contribution in [0.1, 0.15) is 30.6 Å². The number of rotatable bonds is 6. The van der Waals surface area contributed by atoms with Crippen molar-refractivity contribution in [2.45, 2.75) is 20.3 Å². The second-order valence-electron chi connectivity index (χ2n) is 5.34. The van der Waals surface area contributed by atoms with E-state index in [1.54, 1.807) is 23.1 Å². The fourth-order valence-electron chi connectivity index (χ4n) is 2.44. The lowest BCUT2D eigenvalue weighted by Gasteiger charge is -2.26. The van der Waals surface area contributed by atoms with Crippen molar-refractivity contribution >= 4 is 11.9 Å². The van der Waals surface area contributed by atoms with Crippen LogP contribution in [0.5, 0.6) is 11.5 Å². The maximum absolute atomic E-state index is 12.6. The van der Waals surface area contributed by atoms with Gasteiger partial charge < -0.3 is 19.5 Å². The van der Waals surface area contributed by atoms with Crippen molar-refractivity contribution in [1.82, 2.24) is 4.90 Å². The Morgan fingerprint density at radius 1 is 1.26 bits per heavy atom. The Balaban J connectivity index is 2.19. The molecule has 1 aliphatic heterocycles. The van der Waals surface area contributed by atoms with Gasteiger partial charge >= 0.3 is 5.97 Å². The molecule has 0 saturated carbocycles. The summed E-state index contributed by atoms with van der Waals surface area (Å²) in [6, 6.07) is 4.82. The first-order valence-corrected chi connectivity index (χ1v) is 7.57. The van der Waals surface area contributed by atoms with Gasteiger partial charge in [0.2, 0.25) is 0 Å². The Labute approximate surface area is 135 Å². The summed E-state index contributed by atoms with van der Waals surface area (Å²) >= 11 is 0. The predicted molar refractivity (Wildman–Crippen MR) is 85.0 cm³/mol. The Morgan fingerprint density at radius 3 is 2.70 bits per heavy atom. The lowest BCUT2D eigenvalue weighted by Crippen LogP contribution is -2.35. The zero-order chi connectivity index (χ0) is 16.8. The van der Waals surface area contributed by atoms with Gasteiger partial charge in [0.25, 0.3) is 5.91 Å². The highest BCUT2D eigenvalue weighted by atomic mass is 16.5. The molecule has 2 rings (SSSR count). The van der Waals surface area contributed by atoms with Crippen LogP contribution in [0.4, 0.5) is 0 Å². The van der Waals surface area contributed by atoms with Gasteiger partial charge in [-0.15, -0.1) is 0 Å². The molecule has 124 valence electrons. The van der Waals surface area contributed by atoms with Crippen LogP contribution in [-0.4, -0.2) is 48.2 Å². The van der Waals surface area contributed by atoms with E-state index < -0.39 is 12.6 Å². The van der Waals surface area contributed by atoms with Gasteiger partial charge in [-0.25, -0.2) is 4.79 Å². The summed E-state index contributed by atoms with van der Waals surface area (Å²) < 4.78 is 10.7. The molecule has 1 aliphatic rings. The molecule has 1 aromatic carbocycles. The molecule has 0 saturated heterocycles. The molecule has 1 amide bonds. The molecular weight excluding hydrogens is 298 g/mol. The van der Waals surface area contributed by atoms with E-state index in [2.05, 4.69) is 6.08 Å². The molecule has 0 aliphatic carbocycles. The van der Waals surface area contributed by atoms with Gasteiger partial charge in [0, 0.05) is 18.7 Å². The number of carbonyl (C=O) groups is 2. The monoisotopic (exact) mass is 319 g/mol. The topological polar surface area (TPSA) is 76.1 Å². The Bertz CT molecular complexity index is 623. The lowest BCUT2D eigenvalue weighted by molar-refractivity contribution is -0.139. The van der Waals surface area contributed by atoms with Crippen LogP contribution in [0.15, 0.2) is 29.8 Å². The molecule has 0 aromatic heterocycles. The summed E-state index contributed by atoms with van der Waals surface area (Å²) in [5.41, 5.74) is 1.68. The first kappa shape index (κ1) is 16.9. The molecule has 0 fully saturated rings. The highest BCUT2D eigenvalue weighted by Crippen LogP contribution is 2.29. The summed E-state index contributed by atoms with van der Waals surface area (Å²) in [6.07, 6.45) is 2.99. The number of carboxylic acid groups (broad SMARTS) is 1. The number of hydrogen-bond acceptors (Lipinski definition) is 4. The summed E-state index contributed by atoms with van der Waals surface area (Å²) in [6.45, 7) is 5.08. The Hall–Kier alpha value is -2.50. The molecule has 6 heteroatoms. The molecule has 0 atom stereocenters. The zero-order valence-corrected chi connectivity index (χ0v) is 13.4. The zero-order valence-electron chi connectivity index (χ0n) is 13.4. The van der Waals surface area contributed by atoms with Gasteiger partial charge in [0.05, 0.1) is 6.61 Å². The number of carbonyl (C=O) groups excluding carboxylic acids is 1. The summed E-state index contributed by atoms with van der Waals surface area (Å²) in [5.74, 6) is -0.434. The van der Waals surface area contributed by atoms with E-state index in [1.807, 2.05) is 13.8 Å². The van der Waals surface area contributed by atoms with Crippen molar-refractivity contribution < 1.29 is 24.2 Å². The van der Waals surface area contributed by atoms with E-state index >= 15 is 0 Å². The smallest absolute Gasteiger partial charge is 0.341 e. The molecular formula is C17H21NO5. The number of nitrogens with zero attached hydrogens (tertiary/aromatic N) is 1. The van der Waals surface area contributed by atoms with Gasteiger partial charge in [-0.1, -0.05) is 11.6 Å². The number of aliphatic carboxylic acids is 1. The molecule has 1 aromatic rings. The predicted octanol–water partition coefficient (Wildman–Crippen LogP) is 2.34. The SMILES string of the molecule is CCOc1cc(C(=O)N2CCC=C(C)C2)ccc1OCC(=O)O. The van der Waals surface area contributed by atoms with Crippen molar-refractivity contribution in [3.05, 3.63) is 35.4 Å². The van der Waals surface area contributed by atoms with E-state index in [4.69, 9.17) is 14.6 Å². The maximum Gasteiger partial charge on any atom is 0.341 e. The van der Waals surface area contributed by atoms with Crippen LogP contribution in [-0.2, 0) is 4.79 Å². The Morgan fingerprint density at radius 2 is 2.04 bits per heavy atom. The van der Waals surface area contributed by atoms with Gasteiger partial charge in [0.15, 0.2) is 18.1 Å². The average Bonchev–Trinajstić information content (AvgIpc) is 2.53. The number of ether oxygens (including phenoxy) is 2. The van der Waals surface area contributed by atoms with Crippen LogP contribution in [0.25, 0.3) is 0 Å². The molecule has 1 heterocycles. The van der Waals surface area contributed by atoms with Crippen LogP contribution in [0.3, 0.4) is 0 Å². The first-order valence-electron chi connectivity index (χ1n) is 7.57. The van der Waals surface area contributed by atoms with E-state index in [1.165, 1.54) is 5.57 Å². The third kappa shape index (κ3) is 4.48. The summed E-state index contributed by atoms with van der Waals surface area (Å²) in [7, 11) is 0. The largest absolute Gasteiger partial charge is 0.490 e. The minimum atomic E-state index is -1.07. The van der Waals surface area contributed by atoms with Crippen molar-refractivity contribution in [2.75, 3.05) is 26.3 Å². The Kier molecular flexibility index (Phi) is 5.62. The van der Waals surface area contributed by atoms with Crippen LogP contribution in [0, 0.1) is 0 Å². The normalized spacial score (nSPS) is 14.2. The molecule has 23 heavy (non-hydrogen) atoms. The van der Waals surface area contributed by atoms with E-state index in [0.29, 0.717) is 36.8 Å². The van der Waals surface area contributed by atoms with Gasteiger partial charge in [-0.2, -0.15) is 0 Å². The second-order valence-corrected chi connectivity index (χ2v) is 5.34. The van der Waals surface area contributed by atoms with Crippen LogP contribution < -0.4 is 9.47 Å². The third-order valence-corrected chi connectivity index (χ3v) is 3.46. The summed E-state index contributed by atoms with van der Waals surface area (Å²) in [4.78, 5) is 25.0. The molecule has 6 nitrogen and oxygen atoms in total. The number of carboxylic acids is 1. The van der Waals surface area contributed by atoms with Gasteiger partial charge in [0.1, 0.15) is 0 Å². The van der Waals surface area contributed by atoms with Crippen LogP contribution in [0.2, 0.25) is 0 Å². The lowest BCUT2D eigenvalue weighted by atomic mass is 10.1. The standard InChI is InChI=1S/C17H21NO5/c1-3-22-15-9-13(6-7-14(15)23-11-16(19)20)17(21)18-8-4-5-12(2)10-18/h5-7,9H,3-4,8,10-11H2,1-2H3,(H,19,20). The maximum atomic E-state index is 12.6. The number of amides is 1. The van der Waals surface area contributed by atoms with Gasteiger partial charge in [-0.05, 0) is 38.5 Å². The average molecular weight is 319 g/mol. The van der Waals surface area contributed by atoms with Crippen molar-refractivity contribution in [2.24, 2.45) is 0 Å². The van der Waals surface area contributed by atoms with Crippen molar-refractivity contribution in [3.63, 3.8) is 0 Å². The minimum absolute atomic E-state index is 0.0665. The van der Waals surface area contributed by atoms with Crippen molar-refractivity contribution in [1.29, 1.82) is 0 Å². The minimum Gasteiger partial charge on any atom is -0.490 e. The van der Waals surface area contributed by atoms with E-state index in [9.17, 15) is 9.59 Å². The number of hydrogen-bond donors (Lipinski definition) is 1. The fourth-order valence-corrected chi connectivity index (χ4v) is 2.44. The molecule has 0 radical (unpaired) electrons. The summed E-state index contributed by atoms with van der Waals surface area (Å²) in [5, 5.41) is 8.70.